The lowest BCUT2D eigenvalue weighted by molar-refractivity contribution is 0.259. The second kappa shape index (κ2) is 5.37. The first-order valence-corrected chi connectivity index (χ1v) is 7.54. The first kappa shape index (κ1) is 13.3. The van der Waals surface area contributed by atoms with E-state index < -0.39 is 0 Å². The Balaban J connectivity index is 1.63. The van der Waals surface area contributed by atoms with E-state index in [2.05, 4.69) is 19.1 Å². The van der Waals surface area contributed by atoms with E-state index in [4.69, 9.17) is 10.5 Å². The largest absolute Gasteiger partial charge is 0.489 e. The predicted octanol–water partition coefficient (Wildman–Crippen LogP) is 3.81. The van der Waals surface area contributed by atoms with Crippen LogP contribution in [0.4, 0.5) is 10.1 Å². The van der Waals surface area contributed by atoms with Crippen LogP contribution in [0.3, 0.4) is 0 Å². The highest BCUT2D eigenvalue weighted by atomic mass is 32.2. The summed E-state index contributed by atoms with van der Waals surface area (Å²) in [7, 11) is 0. The molecule has 0 bridgehead atoms. The number of aryl methyl sites for hydroxylation is 1. The normalized spacial score (nSPS) is 16.8. The lowest BCUT2D eigenvalue weighted by atomic mass is 10.1. The molecular weight excluding hydrogens is 273 g/mol. The van der Waals surface area contributed by atoms with Crippen LogP contribution >= 0.6 is 11.8 Å². The maximum Gasteiger partial charge on any atom is 0.125 e. The zero-order chi connectivity index (χ0) is 14.1. The fourth-order valence-electron chi connectivity index (χ4n) is 2.38. The van der Waals surface area contributed by atoms with E-state index in [1.165, 1.54) is 23.3 Å². The summed E-state index contributed by atoms with van der Waals surface area (Å²) in [6.07, 6.45) is 1.08. The summed E-state index contributed by atoms with van der Waals surface area (Å²) in [4.78, 5) is 0.905. The third-order valence-corrected chi connectivity index (χ3v) is 4.58. The predicted molar refractivity (Wildman–Crippen MR) is 80.8 cm³/mol. The summed E-state index contributed by atoms with van der Waals surface area (Å²) in [5.41, 5.74) is 8.82. The van der Waals surface area contributed by atoms with Gasteiger partial charge in [-0.2, -0.15) is 0 Å². The van der Waals surface area contributed by atoms with Gasteiger partial charge < -0.3 is 10.5 Å². The molecule has 2 aromatic carbocycles. The Labute approximate surface area is 122 Å². The molecule has 104 valence electrons. The van der Waals surface area contributed by atoms with Crippen LogP contribution in [0.1, 0.15) is 11.1 Å². The first-order valence-electron chi connectivity index (χ1n) is 6.56. The topological polar surface area (TPSA) is 35.2 Å². The number of nitrogen functional groups attached to an aromatic ring is 1. The number of ether oxygens (including phenoxy) is 1. The van der Waals surface area contributed by atoms with Crippen molar-refractivity contribution in [2.24, 2.45) is 0 Å². The summed E-state index contributed by atoms with van der Waals surface area (Å²) in [6, 6.07) is 10.8. The minimum Gasteiger partial charge on any atom is -0.489 e. The van der Waals surface area contributed by atoms with Crippen LogP contribution < -0.4 is 10.5 Å². The van der Waals surface area contributed by atoms with Crippen molar-refractivity contribution >= 4 is 17.4 Å². The molecule has 0 aliphatic carbocycles. The number of hydrogen-bond donors (Lipinski definition) is 1. The maximum absolute atomic E-state index is 13.0. The molecule has 0 saturated carbocycles. The van der Waals surface area contributed by atoms with E-state index in [1.807, 2.05) is 6.07 Å². The van der Waals surface area contributed by atoms with Gasteiger partial charge >= 0.3 is 0 Å². The molecule has 0 spiro atoms. The highest BCUT2D eigenvalue weighted by molar-refractivity contribution is 7.99. The molecule has 1 aliphatic rings. The fraction of sp³-hybridized carbons (Fsp3) is 0.250. The summed E-state index contributed by atoms with van der Waals surface area (Å²) in [6.45, 7) is 2.08. The second-order valence-corrected chi connectivity index (χ2v) is 6.11. The third kappa shape index (κ3) is 2.75. The van der Waals surface area contributed by atoms with Crippen LogP contribution in [-0.2, 0) is 6.42 Å². The van der Waals surface area contributed by atoms with Gasteiger partial charge in [0.15, 0.2) is 0 Å². The number of thioether (sulfide) groups is 1. The molecule has 1 aliphatic heterocycles. The van der Waals surface area contributed by atoms with Gasteiger partial charge in [0.25, 0.3) is 0 Å². The molecular formula is C16H16FNOS. The molecule has 0 aromatic heterocycles. The number of nitrogens with two attached hydrogens (primary N) is 1. The Hall–Kier alpha value is -1.68. The molecule has 20 heavy (non-hydrogen) atoms. The van der Waals surface area contributed by atoms with Gasteiger partial charge in [-0.3, -0.25) is 0 Å². The molecule has 1 atom stereocenters. The van der Waals surface area contributed by atoms with Crippen molar-refractivity contribution in [3.63, 3.8) is 0 Å². The number of fused-ring (bicyclic) bond motifs is 1. The van der Waals surface area contributed by atoms with E-state index in [1.54, 1.807) is 17.8 Å². The monoisotopic (exact) mass is 289 g/mol. The average Bonchev–Trinajstić information content (AvgIpc) is 2.79. The van der Waals surface area contributed by atoms with Crippen LogP contribution in [0.5, 0.6) is 5.75 Å². The standard InChI is InChI=1S/C16H16FNOS/c1-10-2-4-15-11(6-10)7-13(19-15)9-20-16-5-3-12(17)8-14(16)18/h2-6,8,13H,7,9,18H2,1H3. The zero-order valence-electron chi connectivity index (χ0n) is 11.2. The number of benzene rings is 2. The Bertz CT molecular complexity index is 644. The lowest BCUT2D eigenvalue weighted by Gasteiger charge is -2.11. The van der Waals surface area contributed by atoms with Crippen LogP contribution in [0.2, 0.25) is 0 Å². The Morgan fingerprint density at radius 1 is 1.30 bits per heavy atom. The molecule has 4 heteroatoms. The van der Waals surface area contributed by atoms with Crippen molar-refractivity contribution < 1.29 is 9.13 Å². The van der Waals surface area contributed by atoms with Gasteiger partial charge in [-0.05, 0) is 36.8 Å². The summed E-state index contributed by atoms with van der Waals surface area (Å²) < 4.78 is 18.9. The van der Waals surface area contributed by atoms with Gasteiger partial charge in [0.1, 0.15) is 17.7 Å². The van der Waals surface area contributed by atoms with Gasteiger partial charge in [-0.1, -0.05) is 17.7 Å². The van der Waals surface area contributed by atoms with Crippen molar-refractivity contribution in [2.45, 2.75) is 24.3 Å². The second-order valence-electron chi connectivity index (χ2n) is 5.05. The third-order valence-electron chi connectivity index (χ3n) is 3.35. The van der Waals surface area contributed by atoms with Gasteiger partial charge in [0.05, 0.1) is 0 Å². The van der Waals surface area contributed by atoms with E-state index in [9.17, 15) is 4.39 Å². The molecule has 2 nitrogen and oxygen atoms in total. The minimum absolute atomic E-state index is 0.154. The van der Waals surface area contributed by atoms with Crippen LogP contribution in [0, 0.1) is 12.7 Å². The summed E-state index contributed by atoms with van der Waals surface area (Å²) >= 11 is 1.61. The number of halogens is 1. The van der Waals surface area contributed by atoms with Crippen molar-refractivity contribution in [1.82, 2.24) is 0 Å². The van der Waals surface area contributed by atoms with E-state index in [-0.39, 0.29) is 11.9 Å². The van der Waals surface area contributed by atoms with Gasteiger partial charge in [0.2, 0.25) is 0 Å². The Morgan fingerprint density at radius 3 is 2.95 bits per heavy atom. The SMILES string of the molecule is Cc1ccc2c(c1)CC(CSc1ccc(F)cc1N)O2. The molecule has 2 aromatic rings. The van der Waals surface area contributed by atoms with Gasteiger partial charge in [0, 0.05) is 22.8 Å². The molecule has 0 amide bonds. The van der Waals surface area contributed by atoms with E-state index >= 15 is 0 Å². The average molecular weight is 289 g/mol. The van der Waals surface area contributed by atoms with Crippen molar-refractivity contribution in [2.75, 3.05) is 11.5 Å². The fourth-order valence-corrected chi connectivity index (χ4v) is 3.32. The number of anilines is 1. The molecule has 1 heterocycles. The van der Waals surface area contributed by atoms with E-state index in [0.29, 0.717) is 5.69 Å². The van der Waals surface area contributed by atoms with Crippen LogP contribution in [-0.4, -0.2) is 11.9 Å². The molecule has 2 N–H and O–H groups in total. The highest BCUT2D eigenvalue weighted by Crippen LogP contribution is 2.33. The minimum atomic E-state index is -0.299. The molecule has 0 radical (unpaired) electrons. The Morgan fingerprint density at radius 2 is 2.15 bits per heavy atom. The maximum atomic E-state index is 13.0. The van der Waals surface area contributed by atoms with Crippen molar-refractivity contribution in [1.29, 1.82) is 0 Å². The first-order chi connectivity index (χ1) is 9.61. The van der Waals surface area contributed by atoms with Gasteiger partial charge in [-0.15, -0.1) is 11.8 Å². The molecule has 1 unspecified atom stereocenters. The molecule has 0 fully saturated rings. The molecule has 0 saturated heterocycles. The quantitative estimate of drug-likeness (QED) is 0.689. The molecule has 3 rings (SSSR count). The number of hydrogen-bond acceptors (Lipinski definition) is 3. The number of rotatable bonds is 3. The zero-order valence-corrected chi connectivity index (χ0v) is 12.0. The van der Waals surface area contributed by atoms with Gasteiger partial charge in [-0.25, -0.2) is 4.39 Å². The van der Waals surface area contributed by atoms with Crippen LogP contribution in [0.25, 0.3) is 0 Å². The van der Waals surface area contributed by atoms with Crippen molar-refractivity contribution in [3.05, 3.63) is 53.3 Å². The summed E-state index contributed by atoms with van der Waals surface area (Å²) in [5, 5.41) is 0. The summed E-state index contributed by atoms with van der Waals surface area (Å²) in [5.74, 6) is 1.49. The van der Waals surface area contributed by atoms with Crippen LogP contribution in [0.15, 0.2) is 41.3 Å². The van der Waals surface area contributed by atoms with Crippen molar-refractivity contribution in [3.8, 4) is 5.75 Å². The lowest BCUT2D eigenvalue weighted by Crippen LogP contribution is -2.15. The smallest absolute Gasteiger partial charge is 0.125 e. The van der Waals surface area contributed by atoms with E-state index in [0.717, 1.165) is 22.8 Å². The Kier molecular flexibility index (Phi) is 3.57. The highest BCUT2D eigenvalue weighted by Gasteiger charge is 2.23.